The fourth-order valence-electron chi connectivity index (χ4n) is 11.9. The molecule has 86 heavy (non-hydrogen) atoms. The Morgan fingerprint density at radius 1 is 0.849 bits per heavy atom. The van der Waals surface area contributed by atoms with E-state index in [1.54, 1.807) is 75.3 Å². The number of aromatic nitrogens is 2. The summed E-state index contributed by atoms with van der Waals surface area (Å²) in [7, 11) is 1.44. The number of amides is 2. The lowest BCUT2D eigenvalue weighted by molar-refractivity contribution is -0.160. The maximum atomic E-state index is 15.3. The zero-order valence-corrected chi connectivity index (χ0v) is 49.8. The summed E-state index contributed by atoms with van der Waals surface area (Å²) in [6.45, 7) is 18.1. The Bertz CT molecular complexity index is 3720. The zero-order chi connectivity index (χ0) is 61.3. The number of aliphatic hydroxyl groups is 2. The van der Waals surface area contributed by atoms with Crippen molar-refractivity contribution >= 4 is 67.9 Å². The van der Waals surface area contributed by atoms with Crippen molar-refractivity contribution in [3.63, 3.8) is 0 Å². The van der Waals surface area contributed by atoms with E-state index in [-0.39, 0.29) is 79.4 Å². The van der Waals surface area contributed by atoms with Crippen molar-refractivity contribution in [2.45, 2.75) is 98.7 Å². The number of esters is 1. The van der Waals surface area contributed by atoms with Crippen molar-refractivity contribution < 1.29 is 67.3 Å². The lowest BCUT2D eigenvalue weighted by Gasteiger charge is -2.38. The number of nitrogens with one attached hydrogen (secondary N) is 1. The van der Waals surface area contributed by atoms with Crippen molar-refractivity contribution in [2.75, 3.05) is 69.8 Å². The predicted molar refractivity (Wildman–Crippen MR) is 321 cm³/mol. The molecular formula is C65H74N6O15. The van der Waals surface area contributed by atoms with Crippen LogP contribution in [0.5, 0.6) is 17.2 Å². The van der Waals surface area contributed by atoms with E-state index in [2.05, 4.69) is 32.2 Å². The number of ketones is 1. The van der Waals surface area contributed by atoms with Crippen molar-refractivity contribution in [1.29, 1.82) is 0 Å². The largest absolute Gasteiger partial charge is 0.505 e. The molecule has 4 bridgehead atoms. The number of piperazine rings is 1. The summed E-state index contributed by atoms with van der Waals surface area (Å²) in [5, 5.41) is 38.2. The van der Waals surface area contributed by atoms with Gasteiger partial charge >= 0.3 is 11.8 Å². The van der Waals surface area contributed by atoms with Crippen molar-refractivity contribution in [3.05, 3.63) is 135 Å². The van der Waals surface area contributed by atoms with E-state index in [1.807, 2.05) is 18.2 Å². The molecule has 21 nitrogen and oxygen atoms in total. The van der Waals surface area contributed by atoms with E-state index < -0.39 is 82.7 Å². The van der Waals surface area contributed by atoms with Crippen molar-refractivity contribution in [2.24, 2.45) is 23.7 Å². The Balaban J connectivity index is 1.13. The van der Waals surface area contributed by atoms with E-state index in [0.29, 0.717) is 50.6 Å². The number of nitrogens with zero attached hydrogens (tertiary/aromatic N) is 5. The molecule has 4 aliphatic rings. The number of carbonyl (C=O) groups is 4. The van der Waals surface area contributed by atoms with Crippen LogP contribution in [0.1, 0.15) is 85.9 Å². The first-order valence-electron chi connectivity index (χ1n) is 29.1. The number of methoxy groups -OCH3 is 1. The zero-order valence-electron chi connectivity index (χ0n) is 49.8. The van der Waals surface area contributed by atoms with Gasteiger partial charge in [-0.05, 0) is 43.2 Å². The third kappa shape index (κ3) is 12.2. The van der Waals surface area contributed by atoms with E-state index in [4.69, 9.17) is 37.8 Å². The normalized spacial score (nSPS) is 26.7. The van der Waals surface area contributed by atoms with Gasteiger partial charge in [-0.3, -0.25) is 33.9 Å². The number of Topliss-reactive ketones (excluding diaryl/α,β-unsaturated/α-hetero) is 1. The highest BCUT2D eigenvalue weighted by molar-refractivity contribution is 6.26. The third-order valence-corrected chi connectivity index (χ3v) is 17.2. The number of fused-ring (bicyclic) bond motifs is 2. The van der Waals surface area contributed by atoms with Gasteiger partial charge in [-0.1, -0.05) is 70.2 Å². The van der Waals surface area contributed by atoms with Crippen LogP contribution < -0.4 is 25.1 Å². The number of aliphatic hydroxyl groups excluding tert-OH is 2. The lowest BCUT2D eigenvalue weighted by atomic mass is 9.78. The number of allylic oxidation sites excluding steroid dienone is 2. The number of hydrogen-bond acceptors (Lipinski definition) is 19. The predicted octanol–water partition coefficient (Wildman–Crippen LogP) is 7.77. The summed E-state index contributed by atoms with van der Waals surface area (Å²) >= 11 is 0. The van der Waals surface area contributed by atoms with Crippen LogP contribution in [0.3, 0.4) is 0 Å². The highest BCUT2D eigenvalue weighted by Crippen LogP contribution is 2.49. The van der Waals surface area contributed by atoms with Crippen molar-refractivity contribution in [3.8, 4) is 17.2 Å². The van der Waals surface area contributed by atoms with E-state index in [0.717, 1.165) is 30.8 Å². The van der Waals surface area contributed by atoms with Crippen LogP contribution >= 0.6 is 0 Å². The second-order valence-electron chi connectivity index (χ2n) is 23.0. The SMILES string of the molecule is CO[C@H]1/C=C/O[C@@]2(C)Oc3c(C)c(=O)c4c(O)c(c5oc6cc(N7CCN(C(=O)c8ccncc8)CC7)cc(OCc7ccc(CN8CCOCC8)cc7)c6nc5c4c3C2=O)NC(=O)/C(C)=C\C=C\[C@H](C)[C@H](O)[C@@H](C)[C@@H](O)[C@@H](C)[C@H](OC(C)=O)[C@@H]1C. The average molecular weight is 1180 g/mol. The number of phenolic OH excluding ortho intramolecular Hbond substituents is 1. The second kappa shape index (κ2) is 25.4. The van der Waals surface area contributed by atoms with Crippen LogP contribution in [0, 0.1) is 30.6 Å². The molecule has 4 N–H and O–H groups in total. The van der Waals surface area contributed by atoms with Crippen LogP contribution in [-0.2, 0) is 41.7 Å². The molecule has 454 valence electrons. The fourth-order valence-corrected chi connectivity index (χ4v) is 11.9. The van der Waals surface area contributed by atoms with Crippen LogP contribution in [0.25, 0.3) is 33.0 Å². The van der Waals surface area contributed by atoms with Crippen LogP contribution in [0.2, 0.25) is 0 Å². The van der Waals surface area contributed by atoms with E-state index >= 15 is 4.79 Å². The molecule has 21 heteroatoms. The second-order valence-corrected chi connectivity index (χ2v) is 23.0. The first-order chi connectivity index (χ1) is 41.2. The Morgan fingerprint density at radius 2 is 1.55 bits per heavy atom. The number of pyridine rings is 1. The Labute approximate surface area is 497 Å². The molecule has 0 aliphatic carbocycles. The minimum Gasteiger partial charge on any atom is -0.505 e. The monoisotopic (exact) mass is 1180 g/mol. The molecule has 6 heterocycles. The number of rotatable bonds is 9. The Kier molecular flexibility index (Phi) is 18.0. The third-order valence-electron chi connectivity index (χ3n) is 17.2. The summed E-state index contributed by atoms with van der Waals surface area (Å²) < 4.78 is 43.5. The standard InChI is InChI=1S/C65H74N6O15/c1-35-11-10-12-36(2)63(78)68-54-58(76)50-49(51-60(40(6)57(50)75)86-65(8,62(51)77)83-28-19-46(80-9)37(3)59(84-41(7)72)39(5)56(74)38(4)55(35)73)53-61(54)85-48-32-45(70-22-24-71(25-23-70)64(79)44-17-20-66-21-18-44)31-47(52(48)67-53)82-34-43-15-13-42(14-16-43)33-69-26-29-81-30-27-69/h10-21,28,31-32,35,37-39,46,55-56,59,73-74,76H,22-27,29-30,33-34H2,1-9H3,(H,68,78)/b11-10+,28-19+,36-12-/t35-,37+,38+,39+,46-,55-,56+,59+,65-/m0/s1. The van der Waals surface area contributed by atoms with E-state index in [1.165, 1.54) is 53.2 Å². The molecule has 0 saturated carbocycles. The molecule has 9 atom stereocenters. The molecule has 0 radical (unpaired) electrons. The van der Waals surface area contributed by atoms with Crippen LogP contribution in [-0.4, -0.2) is 148 Å². The topological polar surface area (TPSA) is 262 Å². The molecule has 4 aliphatic heterocycles. The number of phenols is 1. The smallest absolute Gasteiger partial charge is 0.312 e. The number of aromatic hydroxyl groups is 1. The number of ether oxygens (including phenoxy) is 6. The maximum absolute atomic E-state index is 15.3. The van der Waals surface area contributed by atoms with Gasteiger partial charge in [0.15, 0.2) is 28.1 Å². The van der Waals surface area contributed by atoms with Gasteiger partial charge in [0.25, 0.3) is 17.6 Å². The molecule has 0 unspecified atom stereocenters. The molecule has 2 fully saturated rings. The summed E-state index contributed by atoms with van der Waals surface area (Å²) in [6, 6.07) is 15.0. The molecule has 2 saturated heterocycles. The van der Waals surface area contributed by atoms with Gasteiger partial charge in [-0.25, -0.2) is 4.98 Å². The molecule has 10 rings (SSSR count). The van der Waals surface area contributed by atoms with Crippen LogP contribution in [0.15, 0.2) is 106 Å². The van der Waals surface area contributed by atoms with Gasteiger partial charge in [0.1, 0.15) is 35.2 Å². The Morgan fingerprint density at radius 3 is 2.23 bits per heavy atom. The van der Waals surface area contributed by atoms with Gasteiger partial charge in [0, 0.05) is 143 Å². The number of anilines is 2. The number of benzene rings is 4. The van der Waals surface area contributed by atoms with Gasteiger partial charge in [0.05, 0.1) is 48.7 Å². The number of morpholine rings is 1. The minimum atomic E-state index is -2.13. The van der Waals surface area contributed by atoms with Crippen molar-refractivity contribution in [1.82, 2.24) is 19.8 Å². The number of carbonyl (C=O) groups excluding carboxylic acids is 4. The van der Waals surface area contributed by atoms with Gasteiger partial charge < -0.3 is 63.3 Å². The van der Waals surface area contributed by atoms with Gasteiger partial charge in [-0.15, -0.1) is 0 Å². The van der Waals surface area contributed by atoms with Crippen LogP contribution in [0.4, 0.5) is 11.4 Å². The quantitative estimate of drug-likeness (QED) is 0.0466. The van der Waals surface area contributed by atoms with Gasteiger partial charge in [-0.2, -0.15) is 0 Å². The molecule has 4 aromatic carbocycles. The summed E-state index contributed by atoms with van der Waals surface area (Å²) in [6.07, 6.45) is 6.60. The summed E-state index contributed by atoms with van der Waals surface area (Å²) in [4.78, 5) is 86.2. The maximum Gasteiger partial charge on any atom is 0.312 e. The van der Waals surface area contributed by atoms with E-state index in [9.17, 15) is 34.5 Å². The number of hydrogen-bond donors (Lipinski definition) is 4. The highest BCUT2D eigenvalue weighted by atomic mass is 16.7. The Hall–Kier alpha value is -8.21. The first kappa shape index (κ1) is 60.9. The van der Waals surface area contributed by atoms with Gasteiger partial charge in [0.2, 0.25) is 0 Å². The molecule has 2 amide bonds. The summed E-state index contributed by atoms with van der Waals surface area (Å²) in [5.41, 5.74) is 2.03. The summed E-state index contributed by atoms with van der Waals surface area (Å²) in [5.74, 6) is -7.57. The molecule has 0 spiro atoms. The molecular weight excluding hydrogens is 1100 g/mol. The molecule has 2 aromatic heterocycles. The highest BCUT2D eigenvalue weighted by Gasteiger charge is 2.50. The minimum absolute atomic E-state index is 0.0496. The first-order valence-corrected chi connectivity index (χ1v) is 29.1. The molecule has 6 aromatic rings. The average Bonchev–Trinajstić information content (AvgIpc) is 1.34. The lowest BCUT2D eigenvalue weighted by Crippen LogP contribution is -2.48. The fraction of sp³-hybridized carbons (Fsp3) is 0.431.